The first-order valence-corrected chi connectivity index (χ1v) is 11.6. The first kappa shape index (κ1) is 21.5. The van der Waals surface area contributed by atoms with E-state index in [2.05, 4.69) is 27.0 Å². The summed E-state index contributed by atoms with van der Waals surface area (Å²) >= 11 is 7.60. The summed E-state index contributed by atoms with van der Waals surface area (Å²) in [4.78, 5) is 37.2. The van der Waals surface area contributed by atoms with Crippen LogP contribution in [0.3, 0.4) is 0 Å². The lowest BCUT2D eigenvalue weighted by atomic mass is 10.2. The molecule has 4 rings (SSSR count). The number of aryl methyl sites for hydroxylation is 2. The van der Waals surface area contributed by atoms with Gasteiger partial charge < -0.3 is 9.51 Å². The van der Waals surface area contributed by atoms with Crippen LogP contribution in [0.25, 0.3) is 11.2 Å². The molecule has 31 heavy (non-hydrogen) atoms. The van der Waals surface area contributed by atoms with Gasteiger partial charge in [0.25, 0.3) is 5.56 Å². The van der Waals surface area contributed by atoms with Gasteiger partial charge in [0.1, 0.15) is 0 Å². The first-order valence-electron chi connectivity index (χ1n) is 10.3. The van der Waals surface area contributed by atoms with Crippen molar-refractivity contribution < 1.29 is 4.52 Å². The van der Waals surface area contributed by atoms with Gasteiger partial charge >= 0.3 is 5.69 Å². The summed E-state index contributed by atoms with van der Waals surface area (Å²) in [5, 5.41) is 8.16. The summed E-state index contributed by atoms with van der Waals surface area (Å²) in [5.41, 5.74) is 0.897. The zero-order valence-electron chi connectivity index (χ0n) is 17.1. The van der Waals surface area contributed by atoms with Crippen LogP contribution in [-0.2, 0) is 25.9 Å². The number of nitrogens with one attached hydrogen (secondary N) is 1. The van der Waals surface area contributed by atoms with E-state index in [1.165, 1.54) is 9.13 Å². The standard InChI is InChI=1S/C20H23ClN6O3S/c1-2-3-4-8-26-17-16(23-19(21)24-17)18(28)27(20(26)29)9-5-6-15-22-14(25-30-15)11-13-7-10-31-12-13/h7,10,12H,2-6,8-9,11H2,1H3,(H,23,24). The zero-order chi connectivity index (χ0) is 21.8. The predicted molar refractivity (Wildman–Crippen MR) is 119 cm³/mol. The van der Waals surface area contributed by atoms with E-state index in [0.29, 0.717) is 43.2 Å². The molecular weight excluding hydrogens is 440 g/mol. The topological polar surface area (TPSA) is 112 Å². The van der Waals surface area contributed by atoms with Crippen molar-refractivity contribution in [3.8, 4) is 0 Å². The fourth-order valence-electron chi connectivity index (χ4n) is 3.48. The molecule has 4 heterocycles. The third-order valence-electron chi connectivity index (χ3n) is 5.04. The van der Waals surface area contributed by atoms with Gasteiger partial charge in [0.2, 0.25) is 11.2 Å². The van der Waals surface area contributed by atoms with E-state index in [0.717, 1.165) is 24.8 Å². The molecule has 0 bridgehead atoms. The number of aromatic amines is 1. The Bertz CT molecular complexity index is 1270. The summed E-state index contributed by atoms with van der Waals surface area (Å²) in [5.74, 6) is 1.12. The molecule has 0 aliphatic rings. The van der Waals surface area contributed by atoms with E-state index >= 15 is 0 Å². The van der Waals surface area contributed by atoms with Crippen molar-refractivity contribution in [3.05, 3.63) is 60.2 Å². The molecule has 0 atom stereocenters. The van der Waals surface area contributed by atoms with Crippen LogP contribution in [0.1, 0.15) is 49.9 Å². The van der Waals surface area contributed by atoms with Gasteiger partial charge in [-0.15, -0.1) is 0 Å². The maximum atomic E-state index is 13.0. The lowest BCUT2D eigenvalue weighted by Crippen LogP contribution is -2.40. The summed E-state index contributed by atoms with van der Waals surface area (Å²) in [6, 6.07) is 2.02. The quantitative estimate of drug-likeness (QED) is 0.285. The van der Waals surface area contributed by atoms with E-state index < -0.39 is 5.56 Å². The number of hydrogen-bond donors (Lipinski definition) is 1. The normalized spacial score (nSPS) is 11.5. The highest BCUT2D eigenvalue weighted by molar-refractivity contribution is 7.07. The number of unbranched alkanes of at least 4 members (excludes halogenated alkanes) is 2. The predicted octanol–water partition coefficient (Wildman–Crippen LogP) is 3.40. The van der Waals surface area contributed by atoms with Crippen LogP contribution in [0.2, 0.25) is 5.28 Å². The number of nitrogens with zero attached hydrogens (tertiary/aromatic N) is 5. The highest BCUT2D eigenvalue weighted by Gasteiger charge is 2.17. The van der Waals surface area contributed by atoms with Crippen molar-refractivity contribution in [1.82, 2.24) is 29.2 Å². The molecule has 0 saturated heterocycles. The Morgan fingerprint density at radius 2 is 2.00 bits per heavy atom. The van der Waals surface area contributed by atoms with Gasteiger partial charge in [0, 0.05) is 25.9 Å². The highest BCUT2D eigenvalue weighted by atomic mass is 35.5. The molecular formula is C20H23ClN6O3S. The fraction of sp³-hybridized carbons (Fsp3) is 0.450. The average Bonchev–Trinajstić information content (AvgIpc) is 3.49. The summed E-state index contributed by atoms with van der Waals surface area (Å²) in [6.07, 6.45) is 4.43. The Morgan fingerprint density at radius 3 is 2.77 bits per heavy atom. The van der Waals surface area contributed by atoms with E-state index in [1.807, 2.05) is 16.8 Å². The van der Waals surface area contributed by atoms with Gasteiger partial charge in [0.05, 0.1) is 0 Å². The maximum absolute atomic E-state index is 13.0. The molecule has 1 N–H and O–H groups in total. The number of imidazole rings is 1. The molecule has 0 amide bonds. The van der Waals surface area contributed by atoms with E-state index in [4.69, 9.17) is 16.1 Å². The van der Waals surface area contributed by atoms with E-state index in [1.54, 1.807) is 11.3 Å². The second-order valence-electron chi connectivity index (χ2n) is 7.34. The first-order chi connectivity index (χ1) is 15.1. The Hall–Kier alpha value is -2.72. The zero-order valence-corrected chi connectivity index (χ0v) is 18.7. The summed E-state index contributed by atoms with van der Waals surface area (Å²) < 4.78 is 8.07. The van der Waals surface area contributed by atoms with Crippen molar-refractivity contribution in [3.63, 3.8) is 0 Å². The third kappa shape index (κ3) is 4.80. The number of hydrogen-bond acceptors (Lipinski definition) is 7. The molecule has 0 unspecified atom stereocenters. The van der Waals surface area contributed by atoms with Crippen molar-refractivity contribution in [2.45, 2.75) is 58.5 Å². The van der Waals surface area contributed by atoms with Crippen molar-refractivity contribution in [2.24, 2.45) is 0 Å². The van der Waals surface area contributed by atoms with Gasteiger partial charge in [-0.25, -0.2) is 4.79 Å². The van der Waals surface area contributed by atoms with Crippen LogP contribution >= 0.6 is 22.9 Å². The Kier molecular flexibility index (Phi) is 6.67. The molecule has 0 aliphatic carbocycles. The molecule has 11 heteroatoms. The minimum Gasteiger partial charge on any atom is -0.339 e. The molecule has 4 aromatic heterocycles. The van der Waals surface area contributed by atoms with Crippen LogP contribution in [0.15, 0.2) is 30.9 Å². The SMILES string of the molecule is CCCCCn1c(=O)n(CCCc2nc(Cc3ccsc3)no2)c(=O)c2[nH]c(Cl)nc21. The van der Waals surface area contributed by atoms with E-state index in [-0.39, 0.29) is 23.0 Å². The van der Waals surface area contributed by atoms with Gasteiger partial charge in [-0.3, -0.25) is 13.9 Å². The van der Waals surface area contributed by atoms with Gasteiger partial charge in [0.15, 0.2) is 17.0 Å². The molecule has 0 radical (unpaired) electrons. The second kappa shape index (κ2) is 9.61. The van der Waals surface area contributed by atoms with Crippen LogP contribution in [0.5, 0.6) is 0 Å². The Balaban J connectivity index is 1.50. The lowest BCUT2D eigenvalue weighted by Gasteiger charge is -2.10. The molecule has 0 fully saturated rings. The largest absolute Gasteiger partial charge is 0.339 e. The number of thiophene rings is 1. The minimum absolute atomic E-state index is 0.0949. The number of H-pyrrole nitrogens is 1. The number of halogens is 1. The smallest absolute Gasteiger partial charge is 0.332 e. The average molecular weight is 463 g/mol. The molecule has 0 saturated carbocycles. The molecule has 0 aromatic carbocycles. The van der Waals surface area contributed by atoms with Gasteiger partial charge in [-0.1, -0.05) is 24.9 Å². The second-order valence-corrected chi connectivity index (χ2v) is 8.48. The molecule has 4 aromatic rings. The molecule has 164 valence electrons. The van der Waals surface area contributed by atoms with Gasteiger partial charge in [-0.05, 0) is 46.8 Å². The Morgan fingerprint density at radius 1 is 1.16 bits per heavy atom. The van der Waals surface area contributed by atoms with Crippen molar-refractivity contribution in [1.29, 1.82) is 0 Å². The van der Waals surface area contributed by atoms with Crippen LogP contribution in [0.4, 0.5) is 0 Å². The molecule has 0 spiro atoms. The third-order valence-corrected chi connectivity index (χ3v) is 5.95. The minimum atomic E-state index is -0.421. The number of aromatic nitrogens is 6. The highest BCUT2D eigenvalue weighted by Crippen LogP contribution is 2.13. The van der Waals surface area contributed by atoms with Crippen LogP contribution in [-0.4, -0.2) is 29.2 Å². The van der Waals surface area contributed by atoms with Crippen molar-refractivity contribution in [2.75, 3.05) is 0 Å². The molecule has 9 nitrogen and oxygen atoms in total. The summed E-state index contributed by atoms with van der Waals surface area (Å²) in [6.45, 7) is 2.81. The Labute approximate surface area is 186 Å². The number of rotatable bonds is 10. The molecule has 0 aliphatic heterocycles. The van der Waals surface area contributed by atoms with Crippen molar-refractivity contribution >= 4 is 34.1 Å². The summed E-state index contributed by atoms with van der Waals surface area (Å²) in [7, 11) is 0. The van der Waals surface area contributed by atoms with Crippen LogP contribution in [0, 0.1) is 0 Å². The van der Waals surface area contributed by atoms with Crippen LogP contribution < -0.4 is 11.2 Å². The fourth-order valence-corrected chi connectivity index (χ4v) is 4.33. The number of fused-ring (bicyclic) bond motifs is 1. The lowest BCUT2D eigenvalue weighted by molar-refractivity contribution is 0.367. The van der Waals surface area contributed by atoms with E-state index in [9.17, 15) is 9.59 Å². The maximum Gasteiger partial charge on any atom is 0.332 e. The monoisotopic (exact) mass is 462 g/mol. The van der Waals surface area contributed by atoms with Gasteiger partial charge in [-0.2, -0.15) is 21.3 Å².